The monoisotopic (exact) mass is 406 g/mol. The van der Waals surface area contributed by atoms with Crippen LogP contribution in [-0.2, 0) is 0 Å². The van der Waals surface area contributed by atoms with Crippen molar-refractivity contribution >= 4 is 45.6 Å². The Morgan fingerprint density at radius 2 is 1.92 bits per heavy atom. The fraction of sp³-hybridized carbons (Fsp3) is 0.158. The molecule has 1 amide bonds. The third-order valence-corrected chi connectivity index (χ3v) is 5.31. The molecule has 7 heteroatoms. The fourth-order valence-electron chi connectivity index (χ4n) is 2.58. The van der Waals surface area contributed by atoms with E-state index in [1.807, 2.05) is 32.0 Å². The Balaban J connectivity index is 1.87. The number of benzene rings is 2. The first-order chi connectivity index (χ1) is 12.4. The number of amides is 1. The summed E-state index contributed by atoms with van der Waals surface area (Å²) in [4.78, 5) is 18.0. The summed E-state index contributed by atoms with van der Waals surface area (Å²) in [5.41, 5.74) is 3.13. The van der Waals surface area contributed by atoms with Gasteiger partial charge in [0.1, 0.15) is 5.75 Å². The summed E-state index contributed by atoms with van der Waals surface area (Å²) in [6, 6.07) is 10.6. The van der Waals surface area contributed by atoms with E-state index in [4.69, 9.17) is 27.9 Å². The van der Waals surface area contributed by atoms with E-state index >= 15 is 0 Å². The molecule has 134 valence electrons. The molecule has 0 bridgehead atoms. The minimum absolute atomic E-state index is 0.314. The number of aryl methyl sites for hydroxylation is 2. The molecule has 0 saturated heterocycles. The SMILES string of the molecule is COc1ccc(-c2nc(NC(=O)c3cc(Cl)ccc3Cl)sc2C)cc1C. The predicted molar refractivity (Wildman–Crippen MR) is 108 cm³/mol. The van der Waals surface area contributed by atoms with Gasteiger partial charge in [-0.2, -0.15) is 0 Å². The molecule has 0 aliphatic heterocycles. The van der Waals surface area contributed by atoms with Gasteiger partial charge in [0.25, 0.3) is 5.91 Å². The van der Waals surface area contributed by atoms with Crippen LogP contribution in [-0.4, -0.2) is 18.0 Å². The van der Waals surface area contributed by atoms with Gasteiger partial charge in [0.15, 0.2) is 5.13 Å². The zero-order chi connectivity index (χ0) is 18.8. The maximum absolute atomic E-state index is 12.5. The number of aromatic nitrogens is 1. The molecule has 4 nitrogen and oxygen atoms in total. The van der Waals surface area contributed by atoms with E-state index in [2.05, 4.69) is 10.3 Å². The van der Waals surface area contributed by atoms with E-state index in [0.717, 1.165) is 27.4 Å². The zero-order valence-corrected chi connectivity index (χ0v) is 16.7. The number of carbonyl (C=O) groups excluding carboxylic acids is 1. The number of nitrogens with zero attached hydrogens (tertiary/aromatic N) is 1. The standard InChI is InChI=1S/C19H16Cl2N2O2S/c1-10-8-12(4-7-16(10)25-3)17-11(2)26-19(22-17)23-18(24)14-9-13(20)5-6-15(14)21/h4-9H,1-3H3,(H,22,23,24). The molecule has 0 aliphatic rings. The Morgan fingerprint density at radius 1 is 1.15 bits per heavy atom. The maximum Gasteiger partial charge on any atom is 0.259 e. The molecular formula is C19H16Cl2N2O2S. The van der Waals surface area contributed by atoms with Gasteiger partial charge >= 0.3 is 0 Å². The Kier molecular flexibility index (Phi) is 5.51. The summed E-state index contributed by atoms with van der Waals surface area (Å²) in [5.74, 6) is 0.481. The highest BCUT2D eigenvalue weighted by molar-refractivity contribution is 7.16. The van der Waals surface area contributed by atoms with Crippen LogP contribution in [0.3, 0.4) is 0 Å². The first-order valence-corrected chi connectivity index (χ1v) is 9.35. The molecule has 0 aliphatic carbocycles. The van der Waals surface area contributed by atoms with Crippen LogP contribution in [0.5, 0.6) is 5.75 Å². The average molecular weight is 407 g/mol. The lowest BCUT2D eigenvalue weighted by atomic mass is 10.1. The second-order valence-corrected chi connectivity index (χ2v) is 7.73. The number of nitrogens with one attached hydrogen (secondary N) is 1. The lowest BCUT2D eigenvalue weighted by molar-refractivity contribution is 0.102. The number of hydrogen-bond donors (Lipinski definition) is 1. The Hall–Kier alpha value is -2.08. The summed E-state index contributed by atoms with van der Waals surface area (Å²) in [7, 11) is 1.64. The van der Waals surface area contributed by atoms with Crippen LogP contribution in [0, 0.1) is 13.8 Å². The number of rotatable bonds is 4. The highest BCUT2D eigenvalue weighted by Gasteiger charge is 2.16. The quantitative estimate of drug-likeness (QED) is 0.578. The highest BCUT2D eigenvalue weighted by atomic mass is 35.5. The van der Waals surface area contributed by atoms with Crippen molar-refractivity contribution < 1.29 is 9.53 Å². The molecule has 0 radical (unpaired) electrons. The molecule has 26 heavy (non-hydrogen) atoms. The number of halogens is 2. The predicted octanol–water partition coefficient (Wildman–Crippen LogP) is 5.99. The van der Waals surface area contributed by atoms with E-state index in [9.17, 15) is 4.79 Å². The van der Waals surface area contributed by atoms with Crippen LogP contribution >= 0.6 is 34.5 Å². The Labute approximate surface area is 165 Å². The molecule has 0 saturated carbocycles. The molecule has 0 fully saturated rings. The van der Waals surface area contributed by atoms with Crippen LogP contribution in [0.2, 0.25) is 10.0 Å². The summed E-state index contributed by atoms with van der Waals surface area (Å²) < 4.78 is 5.30. The van der Waals surface area contributed by atoms with Gasteiger partial charge in [-0.05, 0) is 55.8 Å². The molecule has 1 heterocycles. The second kappa shape index (κ2) is 7.66. The van der Waals surface area contributed by atoms with Crippen LogP contribution in [0.1, 0.15) is 20.8 Å². The third-order valence-electron chi connectivity index (χ3n) is 3.86. The number of thiazole rings is 1. The average Bonchev–Trinajstić information content (AvgIpc) is 2.97. The van der Waals surface area contributed by atoms with E-state index in [1.165, 1.54) is 17.4 Å². The summed E-state index contributed by atoms with van der Waals surface area (Å²) in [6.45, 7) is 3.95. The molecule has 1 N–H and O–H groups in total. The first kappa shape index (κ1) is 18.7. The normalized spacial score (nSPS) is 10.7. The van der Waals surface area contributed by atoms with Crippen LogP contribution in [0.15, 0.2) is 36.4 Å². The number of ether oxygens (including phenoxy) is 1. The molecule has 2 aromatic carbocycles. The highest BCUT2D eigenvalue weighted by Crippen LogP contribution is 2.33. The minimum atomic E-state index is -0.344. The van der Waals surface area contributed by atoms with Crippen molar-refractivity contribution in [3.05, 3.63) is 62.4 Å². The van der Waals surface area contributed by atoms with Gasteiger partial charge in [-0.25, -0.2) is 4.98 Å². The summed E-state index contributed by atoms with van der Waals surface area (Å²) in [6.07, 6.45) is 0. The van der Waals surface area contributed by atoms with Gasteiger partial charge in [0.2, 0.25) is 0 Å². The van der Waals surface area contributed by atoms with Crippen molar-refractivity contribution in [2.45, 2.75) is 13.8 Å². The third kappa shape index (κ3) is 3.85. The minimum Gasteiger partial charge on any atom is -0.496 e. The number of methoxy groups -OCH3 is 1. The molecular weight excluding hydrogens is 391 g/mol. The van der Waals surface area contributed by atoms with E-state index < -0.39 is 0 Å². The van der Waals surface area contributed by atoms with E-state index in [1.54, 1.807) is 19.2 Å². The number of carbonyl (C=O) groups is 1. The van der Waals surface area contributed by atoms with Crippen LogP contribution < -0.4 is 10.1 Å². The molecule has 0 atom stereocenters. The topological polar surface area (TPSA) is 51.2 Å². The van der Waals surface area contributed by atoms with E-state index in [0.29, 0.717) is 20.7 Å². The zero-order valence-electron chi connectivity index (χ0n) is 14.4. The summed E-state index contributed by atoms with van der Waals surface area (Å²) in [5, 5.41) is 4.09. The number of hydrogen-bond acceptors (Lipinski definition) is 4. The van der Waals surface area contributed by atoms with Gasteiger partial charge in [0.05, 0.1) is 23.4 Å². The van der Waals surface area contributed by atoms with Crippen molar-refractivity contribution in [2.24, 2.45) is 0 Å². The molecule has 0 spiro atoms. The second-order valence-electron chi connectivity index (χ2n) is 5.69. The lowest BCUT2D eigenvalue weighted by Crippen LogP contribution is -2.12. The van der Waals surface area contributed by atoms with Gasteiger partial charge in [-0.15, -0.1) is 11.3 Å². The van der Waals surface area contributed by atoms with Crippen molar-refractivity contribution in [3.63, 3.8) is 0 Å². The largest absolute Gasteiger partial charge is 0.496 e. The van der Waals surface area contributed by atoms with Gasteiger partial charge in [0, 0.05) is 15.5 Å². The maximum atomic E-state index is 12.5. The summed E-state index contributed by atoms with van der Waals surface area (Å²) >= 11 is 13.4. The van der Waals surface area contributed by atoms with E-state index in [-0.39, 0.29) is 5.91 Å². The first-order valence-electron chi connectivity index (χ1n) is 7.78. The molecule has 3 rings (SSSR count). The molecule has 3 aromatic rings. The lowest BCUT2D eigenvalue weighted by Gasteiger charge is -2.06. The smallest absolute Gasteiger partial charge is 0.259 e. The van der Waals surface area contributed by atoms with Gasteiger partial charge < -0.3 is 4.74 Å². The molecule has 0 unspecified atom stereocenters. The Morgan fingerprint density at radius 3 is 2.62 bits per heavy atom. The van der Waals surface area contributed by atoms with Crippen molar-refractivity contribution in [2.75, 3.05) is 12.4 Å². The molecule has 1 aromatic heterocycles. The fourth-order valence-corrected chi connectivity index (χ4v) is 3.79. The van der Waals surface area contributed by atoms with Crippen LogP contribution in [0.25, 0.3) is 11.3 Å². The van der Waals surface area contributed by atoms with Crippen molar-refractivity contribution in [1.29, 1.82) is 0 Å². The van der Waals surface area contributed by atoms with Gasteiger partial charge in [-0.1, -0.05) is 23.2 Å². The van der Waals surface area contributed by atoms with Crippen LogP contribution in [0.4, 0.5) is 5.13 Å². The van der Waals surface area contributed by atoms with Crippen molar-refractivity contribution in [3.8, 4) is 17.0 Å². The van der Waals surface area contributed by atoms with Crippen molar-refractivity contribution in [1.82, 2.24) is 4.98 Å². The van der Waals surface area contributed by atoms with Gasteiger partial charge in [-0.3, -0.25) is 10.1 Å². The Bertz CT molecular complexity index is 986. The number of anilines is 1.